The molecule has 0 fully saturated rings. The Hall–Kier alpha value is -1.85. The van der Waals surface area contributed by atoms with Gasteiger partial charge in [0.1, 0.15) is 12.1 Å². The first-order valence-electron chi connectivity index (χ1n) is 5.22. The number of benzene rings is 1. The van der Waals surface area contributed by atoms with E-state index in [1.54, 1.807) is 12.1 Å². The Labute approximate surface area is 98.1 Å². The number of para-hydroxylation sites is 1. The van der Waals surface area contributed by atoms with E-state index >= 15 is 0 Å². The highest BCUT2D eigenvalue weighted by atomic mass is 16.4. The fourth-order valence-corrected chi connectivity index (χ4v) is 1.96. The summed E-state index contributed by atoms with van der Waals surface area (Å²) in [4.78, 5) is 10.8. The van der Waals surface area contributed by atoms with Gasteiger partial charge in [0.2, 0.25) is 0 Å². The van der Waals surface area contributed by atoms with Gasteiger partial charge in [0.25, 0.3) is 0 Å². The zero-order valence-corrected chi connectivity index (χ0v) is 9.37. The summed E-state index contributed by atoms with van der Waals surface area (Å²) in [6.45, 7) is 0. The van der Waals surface area contributed by atoms with Crippen molar-refractivity contribution in [2.75, 3.05) is 0 Å². The minimum atomic E-state index is -1.32. The van der Waals surface area contributed by atoms with Gasteiger partial charge in [0.05, 0.1) is 5.52 Å². The number of aliphatic hydroxyl groups excluding tert-OH is 1. The zero-order chi connectivity index (χ0) is 12.6. The van der Waals surface area contributed by atoms with E-state index in [1.807, 2.05) is 29.9 Å². The highest BCUT2D eigenvalue weighted by Crippen LogP contribution is 2.26. The summed E-state index contributed by atoms with van der Waals surface area (Å²) in [5, 5.41) is 19.7. The molecule has 1 heterocycles. The Bertz CT molecular complexity index is 562. The SMILES string of the molecule is Cn1ccc2cccc(C(O)C(N)C(=O)O)c21. The van der Waals surface area contributed by atoms with Crippen molar-refractivity contribution in [3.8, 4) is 0 Å². The van der Waals surface area contributed by atoms with Crippen molar-refractivity contribution in [3.05, 3.63) is 36.0 Å². The number of carbonyl (C=O) groups is 1. The largest absolute Gasteiger partial charge is 0.480 e. The van der Waals surface area contributed by atoms with Gasteiger partial charge >= 0.3 is 5.97 Å². The quantitative estimate of drug-likeness (QED) is 0.726. The Kier molecular flexibility index (Phi) is 2.87. The maximum absolute atomic E-state index is 10.8. The minimum Gasteiger partial charge on any atom is -0.480 e. The molecule has 0 saturated carbocycles. The summed E-state index contributed by atoms with van der Waals surface area (Å²) < 4.78 is 1.84. The van der Waals surface area contributed by atoms with Crippen molar-refractivity contribution in [2.24, 2.45) is 12.8 Å². The molecule has 0 bridgehead atoms. The number of hydrogen-bond acceptors (Lipinski definition) is 3. The molecule has 90 valence electrons. The Morgan fingerprint density at radius 3 is 2.76 bits per heavy atom. The van der Waals surface area contributed by atoms with E-state index in [0.29, 0.717) is 5.56 Å². The van der Waals surface area contributed by atoms with Crippen molar-refractivity contribution in [1.82, 2.24) is 4.57 Å². The summed E-state index contributed by atoms with van der Waals surface area (Å²) in [5.41, 5.74) is 6.78. The van der Waals surface area contributed by atoms with E-state index in [0.717, 1.165) is 10.9 Å². The van der Waals surface area contributed by atoms with Crippen molar-refractivity contribution in [3.63, 3.8) is 0 Å². The van der Waals surface area contributed by atoms with Crippen LogP contribution in [0.2, 0.25) is 0 Å². The van der Waals surface area contributed by atoms with E-state index in [4.69, 9.17) is 10.8 Å². The number of hydrogen-bond donors (Lipinski definition) is 3. The van der Waals surface area contributed by atoms with E-state index < -0.39 is 18.1 Å². The van der Waals surface area contributed by atoms with E-state index in [-0.39, 0.29) is 0 Å². The molecule has 2 atom stereocenters. The van der Waals surface area contributed by atoms with Crippen LogP contribution in [0.1, 0.15) is 11.7 Å². The molecule has 5 heteroatoms. The van der Waals surface area contributed by atoms with Crippen molar-refractivity contribution in [2.45, 2.75) is 12.1 Å². The number of fused-ring (bicyclic) bond motifs is 1. The van der Waals surface area contributed by atoms with Crippen LogP contribution in [-0.4, -0.2) is 26.8 Å². The lowest BCUT2D eigenvalue weighted by Crippen LogP contribution is -2.36. The molecular formula is C12H14N2O3. The molecule has 2 aromatic rings. The molecule has 0 spiro atoms. The first-order chi connectivity index (χ1) is 8.02. The molecule has 17 heavy (non-hydrogen) atoms. The second kappa shape index (κ2) is 4.20. The topological polar surface area (TPSA) is 88.5 Å². The van der Waals surface area contributed by atoms with Crippen LogP contribution in [0.3, 0.4) is 0 Å². The average Bonchev–Trinajstić information content (AvgIpc) is 2.69. The standard InChI is InChI=1S/C12H14N2O3/c1-14-6-5-7-3-2-4-8(10(7)14)11(15)9(13)12(16)17/h2-6,9,11,15H,13H2,1H3,(H,16,17). The molecule has 1 aromatic carbocycles. The van der Waals surface area contributed by atoms with E-state index in [1.165, 1.54) is 0 Å². The molecule has 1 aromatic heterocycles. The number of carboxylic acid groups (broad SMARTS) is 1. The molecule has 0 aliphatic rings. The third kappa shape index (κ3) is 1.90. The van der Waals surface area contributed by atoms with Crippen LogP contribution in [0.15, 0.2) is 30.5 Å². The maximum Gasteiger partial charge on any atom is 0.323 e. The predicted molar refractivity (Wildman–Crippen MR) is 63.5 cm³/mol. The third-order valence-corrected chi connectivity index (χ3v) is 2.87. The summed E-state index contributed by atoms with van der Waals surface area (Å²) in [6, 6.07) is 5.94. The van der Waals surface area contributed by atoms with E-state index in [9.17, 15) is 9.90 Å². The fourth-order valence-electron chi connectivity index (χ4n) is 1.96. The Balaban J connectivity index is 2.55. The highest BCUT2D eigenvalue weighted by Gasteiger charge is 2.25. The second-order valence-electron chi connectivity index (χ2n) is 4.02. The number of aromatic nitrogens is 1. The average molecular weight is 234 g/mol. The Morgan fingerprint density at radius 1 is 1.41 bits per heavy atom. The second-order valence-corrected chi connectivity index (χ2v) is 4.02. The smallest absolute Gasteiger partial charge is 0.323 e. The summed E-state index contributed by atoms with van der Waals surface area (Å²) >= 11 is 0. The van der Waals surface area contributed by atoms with Crippen molar-refractivity contribution in [1.29, 1.82) is 0 Å². The highest BCUT2D eigenvalue weighted by molar-refractivity contribution is 5.85. The van der Waals surface area contributed by atoms with Gasteiger partial charge in [-0.1, -0.05) is 18.2 Å². The first kappa shape index (κ1) is 11.6. The lowest BCUT2D eigenvalue weighted by atomic mass is 10.0. The molecule has 4 N–H and O–H groups in total. The van der Waals surface area contributed by atoms with Gasteiger partial charge in [-0.3, -0.25) is 4.79 Å². The lowest BCUT2D eigenvalue weighted by molar-refractivity contribution is -0.141. The van der Waals surface area contributed by atoms with Crippen LogP contribution in [0.5, 0.6) is 0 Å². The first-order valence-corrected chi connectivity index (χ1v) is 5.22. The number of aryl methyl sites for hydroxylation is 1. The number of nitrogens with two attached hydrogens (primary N) is 1. The molecule has 0 amide bonds. The van der Waals surface area contributed by atoms with Gasteiger partial charge in [-0.05, 0) is 11.5 Å². The molecular weight excluding hydrogens is 220 g/mol. The summed E-state index contributed by atoms with van der Waals surface area (Å²) in [7, 11) is 1.84. The van der Waals surface area contributed by atoms with Crippen LogP contribution in [0.4, 0.5) is 0 Å². The third-order valence-electron chi connectivity index (χ3n) is 2.87. The molecule has 0 aliphatic carbocycles. The van der Waals surface area contributed by atoms with Gasteiger partial charge < -0.3 is 20.5 Å². The van der Waals surface area contributed by atoms with E-state index in [2.05, 4.69) is 0 Å². The zero-order valence-electron chi connectivity index (χ0n) is 9.37. The number of aliphatic hydroxyl groups is 1. The van der Waals surface area contributed by atoms with Crippen molar-refractivity contribution < 1.29 is 15.0 Å². The summed E-state index contributed by atoms with van der Waals surface area (Å²) in [5.74, 6) is -1.22. The maximum atomic E-state index is 10.8. The summed E-state index contributed by atoms with van der Waals surface area (Å²) in [6.07, 6.45) is 0.637. The van der Waals surface area contributed by atoms with Gasteiger partial charge in [0, 0.05) is 18.8 Å². The molecule has 0 saturated heterocycles. The van der Waals surface area contributed by atoms with Gasteiger partial charge in [-0.2, -0.15) is 0 Å². The fraction of sp³-hybridized carbons (Fsp3) is 0.250. The molecule has 5 nitrogen and oxygen atoms in total. The lowest BCUT2D eigenvalue weighted by Gasteiger charge is -2.17. The van der Waals surface area contributed by atoms with Crippen LogP contribution < -0.4 is 5.73 Å². The molecule has 0 radical (unpaired) electrons. The number of aliphatic carboxylic acids is 1. The van der Waals surface area contributed by atoms with Crippen LogP contribution in [-0.2, 0) is 11.8 Å². The monoisotopic (exact) mass is 234 g/mol. The van der Waals surface area contributed by atoms with Crippen molar-refractivity contribution >= 4 is 16.9 Å². The number of rotatable bonds is 3. The normalized spacial score (nSPS) is 14.8. The van der Waals surface area contributed by atoms with Gasteiger partial charge in [-0.25, -0.2) is 0 Å². The minimum absolute atomic E-state index is 0.532. The van der Waals surface area contributed by atoms with Crippen LogP contribution in [0, 0.1) is 0 Å². The predicted octanol–water partition coefficient (Wildman–Crippen LogP) is 0.624. The number of nitrogens with zero attached hydrogens (tertiary/aromatic N) is 1. The number of carboxylic acids is 1. The van der Waals surface area contributed by atoms with Crippen LogP contribution >= 0.6 is 0 Å². The van der Waals surface area contributed by atoms with Crippen LogP contribution in [0.25, 0.3) is 10.9 Å². The van der Waals surface area contributed by atoms with Gasteiger partial charge in [-0.15, -0.1) is 0 Å². The van der Waals surface area contributed by atoms with Gasteiger partial charge in [0.15, 0.2) is 0 Å². The Morgan fingerprint density at radius 2 is 2.12 bits per heavy atom. The molecule has 0 aliphatic heterocycles. The molecule has 2 unspecified atom stereocenters. The molecule has 2 rings (SSSR count).